The molecular formula is C14H22O2. The highest BCUT2D eigenvalue weighted by molar-refractivity contribution is 5.28. The number of aliphatic hydroxyl groups excluding tert-OH is 1. The van der Waals surface area contributed by atoms with Crippen LogP contribution in [0.4, 0.5) is 0 Å². The van der Waals surface area contributed by atoms with Crippen LogP contribution in [0.1, 0.15) is 45.3 Å². The van der Waals surface area contributed by atoms with Gasteiger partial charge in [-0.05, 0) is 36.5 Å². The Morgan fingerprint density at radius 1 is 1.19 bits per heavy atom. The Hall–Kier alpha value is -1.02. The maximum atomic E-state index is 9.63. The van der Waals surface area contributed by atoms with Crippen molar-refractivity contribution in [3.63, 3.8) is 0 Å². The summed E-state index contributed by atoms with van der Waals surface area (Å²) in [5, 5.41) is 9.63. The molecule has 0 radical (unpaired) electrons. The molecule has 1 aromatic rings. The maximum absolute atomic E-state index is 9.63. The Labute approximate surface area is 98.3 Å². The van der Waals surface area contributed by atoms with Crippen molar-refractivity contribution in [3.8, 4) is 5.75 Å². The third kappa shape index (κ3) is 4.23. The normalized spacial score (nSPS) is 12.8. The Morgan fingerprint density at radius 2 is 1.81 bits per heavy atom. The van der Waals surface area contributed by atoms with Crippen LogP contribution in [0.15, 0.2) is 24.3 Å². The smallest absolute Gasteiger partial charge is 0.119 e. The molecule has 0 heterocycles. The average molecular weight is 222 g/mol. The molecule has 1 atom stereocenters. The van der Waals surface area contributed by atoms with Crippen LogP contribution in [0.5, 0.6) is 5.75 Å². The highest BCUT2D eigenvalue weighted by Gasteiger charge is 2.04. The first-order valence-corrected chi connectivity index (χ1v) is 6.04. The van der Waals surface area contributed by atoms with Gasteiger partial charge in [0, 0.05) is 0 Å². The van der Waals surface area contributed by atoms with Gasteiger partial charge in [-0.3, -0.25) is 0 Å². The molecule has 0 fully saturated rings. The van der Waals surface area contributed by atoms with E-state index in [1.165, 1.54) is 0 Å². The van der Waals surface area contributed by atoms with Gasteiger partial charge in [-0.1, -0.05) is 32.9 Å². The molecule has 0 saturated heterocycles. The van der Waals surface area contributed by atoms with E-state index in [-0.39, 0.29) is 6.10 Å². The lowest BCUT2D eigenvalue weighted by Crippen LogP contribution is -2.01. The van der Waals surface area contributed by atoms with E-state index >= 15 is 0 Å². The van der Waals surface area contributed by atoms with E-state index < -0.39 is 0 Å². The zero-order valence-electron chi connectivity index (χ0n) is 10.4. The fourth-order valence-electron chi connectivity index (χ4n) is 1.43. The highest BCUT2D eigenvalue weighted by Crippen LogP contribution is 2.20. The molecule has 0 aliphatic carbocycles. The molecule has 0 amide bonds. The summed E-state index contributed by atoms with van der Waals surface area (Å²) < 4.78 is 5.60. The zero-order valence-corrected chi connectivity index (χ0v) is 10.4. The predicted molar refractivity (Wildman–Crippen MR) is 66.6 cm³/mol. The minimum Gasteiger partial charge on any atom is -0.494 e. The Balaban J connectivity index is 2.45. The van der Waals surface area contributed by atoms with Crippen molar-refractivity contribution in [1.29, 1.82) is 0 Å². The maximum Gasteiger partial charge on any atom is 0.119 e. The van der Waals surface area contributed by atoms with Gasteiger partial charge in [0.2, 0.25) is 0 Å². The molecule has 0 aliphatic rings. The van der Waals surface area contributed by atoms with Crippen LogP contribution >= 0.6 is 0 Å². The molecule has 0 bridgehead atoms. The van der Waals surface area contributed by atoms with Crippen molar-refractivity contribution in [2.45, 2.75) is 39.7 Å². The number of hydrogen-bond acceptors (Lipinski definition) is 2. The minimum absolute atomic E-state index is 0.357. The van der Waals surface area contributed by atoms with Gasteiger partial charge in [0.1, 0.15) is 5.75 Å². The molecule has 0 saturated carbocycles. The fraction of sp³-hybridized carbons (Fsp3) is 0.571. The van der Waals surface area contributed by atoms with Gasteiger partial charge < -0.3 is 9.84 Å². The monoisotopic (exact) mass is 222 g/mol. The molecular weight excluding hydrogens is 200 g/mol. The topological polar surface area (TPSA) is 29.5 Å². The number of aliphatic hydroxyl groups is 1. The van der Waals surface area contributed by atoms with Crippen LogP contribution in [0.25, 0.3) is 0 Å². The van der Waals surface area contributed by atoms with Crippen LogP contribution in [0.2, 0.25) is 0 Å². The van der Waals surface area contributed by atoms with Gasteiger partial charge in [0.15, 0.2) is 0 Å². The molecule has 1 unspecified atom stereocenters. The van der Waals surface area contributed by atoms with Crippen LogP contribution < -0.4 is 4.74 Å². The second-order valence-electron chi connectivity index (χ2n) is 4.52. The summed E-state index contributed by atoms with van der Waals surface area (Å²) >= 11 is 0. The van der Waals surface area contributed by atoms with E-state index in [1.807, 2.05) is 31.2 Å². The lowest BCUT2D eigenvalue weighted by atomic mass is 10.1. The molecule has 90 valence electrons. The van der Waals surface area contributed by atoms with E-state index in [1.54, 1.807) is 0 Å². The Morgan fingerprint density at radius 3 is 2.31 bits per heavy atom. The first-order valence-electron chi connectivity index (χ1n) is 6.04. The van der Waals surface area contributed by atoms with E-state index in [2.05, 4.69) is 13.8 Å². The molecule has 0 aliphatic heterocycles. The molecule has 0 spiro atoms. The molecule has 16 heavy (non-hydrogen) atoms. The number of ether oxygens (including phenoxy) is 1. The number of hydrogen-bond donors (Lipinski definition) is 1. The largest absolute Gasteiger partial charge is 0.494 e. The van der Waals surface area contributed by atoms with Crippen molar-refractivity contribution in [2.24, 2.45) is 5.92 Å². The second-order valence-corrected chi connectivity index (χ2v) is 4.52. The van der Waals surface area contributed by atoms with Crippen molar-refractivity contribution in [3.05, 3.63) is 29.8 Å². The van der Waals surface area contributed by atoms with E-state index in [4.69, 9.17) is 4.74 Å². The molecule has 1 aromatic carbocycles. The van der Waals surface area contributed by atoms with Crippen LogP contribution in [0, 0.1) is 5.92 Å². The van der Waals surface area contributed by atoms with Gasteiger partial charge in [-0.25, -0.2) is 0 Å². The summed E-state index contributed by atoms with van der Waals surface area (Å²) in [5.41, 5.74) is 0.957. The summed E-state index contributed by atoms with van der Waals surface area (Å²) in [5.74, 6) is 1.55. The van der Waals surface area contributed by atoms with Crippen molar-refractivity contribution < 1.29 is 9.84 Å². The van der Waals surface area contributed by atoms with Crippen molar-refractivity contribution in [2.75, 3.05) is 6.61 Å². The SMILES string of the molecule is CCC(O)c1ccc(OCCC(C)C)cc1. The summed E-state index contributed by atoms with van der Waals surface area (Å²) in [6, 6.07) is 7.71. The number of benzene rings is 1. The first kappa shape index (κ1) is 13.0. The van der Waals surface area contributed by atoms with Gasteiger partial charge in [-0.15, -0.1) is 0 Å². The molecule has 2 heteroatoms. The van der Waals surface area contributed by atoms with Gasteiger partial charge in [-0.2, -0.15) is 0 Å². The Bertz CT molecular complexity index is 290. The zero-order chi connectivity index (χ0) is 12.0. The fourth-order valence-corrected chi connectivity index (χ4v) is 1.43. The summed E-state index contributed by atoms with van der Waals surface area (Å²) in [7, 11) is 0. The Kier molecular flexibility index (Phi) is 5.33. The minimum atomic E-state index is -0.357. The third-order valence-corrected chi connectivity index (χ3v) is 2.62. The van der Waals surface area contributed by atoms with E-state index in [0.717, 1.165) is 30.8 Å². The molecule has 1 N–H and O–H groups in total. The molecule has 0 aromatic heterocycles. The number of rotatable bonds is 6. The van der Waals surface area contributed by atoms with Gasteiger partial charge in [0.05, 0.1) is 12.7 Å². The highest BCUT2D eigenvalue weighted by atomic mass is 16.5. The second kappa shape index (κ2) is 6.54. The molecule has 2 nitrogen and oxygen atoms in total. The van der Waals surface area contributed by atoms with Gasteiger partial charge >= 0.3 is 0 Å². The van der Waals surface area contributed by atoms with Gasteiger partial charge in [0.25, 0.3) is 0 Å². The lowest BCUT2D eigenvalue weighted by Gasteiger charge is -2.10. The van der Waals surface area contributed by atoms with Crippen molar-refractivity contribution >= 4 is 0 Å². The summed E-state index contributed by atoms with van der Waals surface area (Å²) in [6.07, 6.45) is 1.46. The van der Waals surface area contributed by atoms with Crippen LogP contribution in [-0.4, -0.2) is 11.7 Å². The molecule has 1 rings (SSSR count). The van der Waals surface area contributed by atoms with Crippen molar-refractivity contribution in [1.82, 2.24) is 0 Å². The standard InChI is InChI=1S/C14H22O2/c1-4-14(15)12-5-7-13(8-6-12)16-10-9-11(2)3/h5-8,11,14-15H,4,9-10H2,1-3H3. The van der Waals surface area contributed by atoms with E-state index in [9.17, 15) is 5.11 Å². The first-order chi connectivity index (χ1) is 7.63. The van der Waals surface area contributed by atoms with Crippen LogP contribution in [0.3, 0.4) is 0 Å². The van der Waals surface area contributed by atoms with E-state index in [0.29, 0.717) is 5.92 Å². The van der Waals surface area contributed by atoms with Crippen LogP contribution in [-0.2, 0) is 0 Å². The quantitative estimate of drug-likeness (QED) is 0.797. The summed E-state index contributed by atoms with van der Waals surface area (Å²) in [4.78, 5) is 0. The summed E-state index contributed by atoms with van der Waals surface area (Å²) in [6.45, 7) is 7.10. The lowest BCUT2D eigenvalue weighted by molar-refractivity contribution is 0.173. The predicted octanol–water partition coefficient (Wildman–Crippen LogP) is 3.55. The average Bonchev–Trinajstić information content (AvgIpc) is 2.28. The third-order valence-electron chi connectivity index (χ3n) is 2.62.